The number of carbonyl (C=O) groups excluding carboxylic acids is 3. The van der Waals surface area contributed by atoms with Crippen LogP contribution in [-0.4, -0.2) is 55.2 Å². The first-order valence-electron chi connectivity index (χ1n) is 6.84. The Hall–Kier alpha value is -2.05. The molecule has 0 aromatic heterocycles. The SMILES string of the molecule is CCNC(=O)N(C)C(C)COC(=O)/C=C/C(=O)OC(C)C. The molecule has 2 amide bonds. The van der Waals surface area contributed by atoms with Crippen molar-refractivity contribution >= 4 is 18.0 Å². The molecule has 0 aliphatic rings. The third-order valence-corrected chi connectivity index (χ3v) is 2.48. The Morgan fingerprint density at radius 1 is 1.14 bits per heavy atom. The second-order valence-electron chi connectivity index (χ2n) is 4.74. The van der Waals surface area contributed by atoms with E-state index < -0.39 is 11.9 Å². The van der Waals surface area contributed by atoms with Crippen LogP contribution in [0.5, 0.6) is 0 Å². The van der Waals surface area contributed by atoms with Gasteiger partial charge in [-0.1, -0.05) is 0 Å². The van der Waals surface area contributed by atoms with Gasteiger partial charge in [0.05, 0.1) is 12.1 Å². The highest BCUT2D eigenvalue weighted by Gasteiger charge is 2.16. The van der Waals surface area contributed by atoms with Crippen molar-refractivity contribution < 1.29 is 23.9 Å². The third-order valence-electron chi connectivity index (χ3n) is 2.48. The number of hydrogen-bond acceptors (Lipinski definition) is 5. The lowest BCUT2D eigenvalue weighted by Gasteiger charge is -2.24. The Morgan fingerprint density at radius 3 is 2.24 bits per heavy atom. The lowest BCUT2D eigenvalue weighted by atomic mass is 10.3. The summed E-state index contributed by atoms with van der Waals surface area (Å²) in [5.74, 6) is -1.26. The average Bonchev–Trinajstić information content (AvgIpc) is 2.41. The van der Waals surface area contributed by atoms with Crippen LogP contribution in [0.1, 0.15) is 27.7 Å². The van der Waals surface area contributed by atoms with E-state index in [1.807, 2.05) is 6.92 Å². The number of rotatable bonds is 7. The molecule has 1 atom stereocenters. The molecule has 0 aromatic carbocycles. The fourth-order valence-electron chi connectivity index (χ4n) is 1.25. The number of likely N-dealkylation sites (N-methyl/N-ethyl adjacent to an activating group) is 1. The van der Waals surface area contributed by atoms with Crippen LogP contribution in [-0.2, 0) is 19.1 Å². The predicted octanol–water partition coefficient (Wildman–Crippen LogP) is 1.09. The van der Waals surface area contributed by atoms with Crippen molar-refractivity contribution in [2.24, 2.45) is 0 Å². The van der Waals surface area contributed by atoms with Crippen LogP contribution < -0.4 is 5.32 Å². The Kier molecular flexibility index (Phi) is 8.84. The first kappa shape index (κ1) is 18.9. The van der Waals surface area contributed by atoms with E-state index in [1.54, 1.807) is 27.8 Å². The van der Waals surface area contributed by atoms with Crippen molar-refractivity contribution in [1.82, 2.24) is 10.2 Å². The van der Waals surface area contributed by atoms with Gasteiger partial charge in [-0.2, -0.15) is 0 Å². The van der Waals surface area contributed by atoms with E-state index in [0.29, 0.717) is 6.54 Å². The van der Waals surface area contributed by atoms with Crippen LogP contribution in [0.3, 0.4) is 0 Å². The van der Waals surface area contributed by atoms with Crippen molar-refractivity contribution in [2.45, 2.75) is 39.8 Å². The highest BCUT2D eigenvalue weighted by atomic mass is 16.5. The summed E-state index contributed by atoms with van der Waals surface area (Å²) in [6, 6.07) is -0.520. The zero-order chi connectivity index (χ0) is 16.4. The Bertz CT molecular complexity index is 393. The number of urea groups is 1. The lowest BCUT2D eigenvalue weighted by Crippen LogP contribution is -2.44. The summed E-state index contributed by atoms with van der Waals surface area (Å²) in [4.78, 5) is 35.6. The summed E-state index contributed by atoms with van der Waals surface area (Å²) in [7, 11) is 1.61. The molecule has 7 heteroatoms. The number of ether oxygens (including phenoxy) is 2. The van der Waals surface area contributed by atoms with Crippen molar-refractivity contribution in [1.29, 1.82) is 0 Å². The number of esters is 2. The van der Waals surface area contributed by atoms with E-state index in [2.05, 4.69) is 5.32 Å². The number of nitrogens with zero attached hydrogens (tertiary/aromatic N) is 1. The monoisotopic (exact) mass is 300 g/mol. The average molecular weight is 300 g/mol. The van der Waals surface area contributed by atoms with E-state index in [-0.39, 0.29) is 24.8 Å². The fourth-order valence-corrected chi connectivity index (χ4v) is 1.25. The van der Waals surface area contributed by atoms with Crippen LogP contribution in [0, 0.1) is 0 Å². The molecule has 0 radical (unpaired) electrons. The number of carbonyl (C=O) groups is 3. The van der Waals surface area contributed by atoms with Gasteiger partial charge in [0.2, 0.25) is 0 Å². The van der Waals surface area contributed by atoms with Crippen molar-refractivity contribution in [3.63, 3.8) is 0 Å². The van der Waals surface area contributed by atoms with Gasteiger partial charge in [0.15, 0.2) is 0 Å². The molecular formula is C14H24N2O5. The van der Waals surface area contributed by atoms with Gasteiger partial charge in [-0.15, -0.1) is 0 Å². The third kappa shape index (κ3) is 8.67. The minimum atomic E-state index is -0.660. The fraction of sp³-hybridized carbons (Fsp3) is 0.643. The maximum absolute atomic E-state index is 11.5. The molecule has 0 fully saturated rings. The molecule has 7 nitrogen and oxygen atoms in total. The summed E-state index contributed by atoms with van der Waals surface area (Å²) < 4.78 is 9.78. The zero-order valence-electron chi connectivity index (χ0n) is 13.2. The van der Waals surface area contributed by atoms with Crippen LogP contribution >= 0.6 is 0 Å². The van der Waals surface area contributed by atoms with E-state index in [9.17, 15) is 14.4 Å². The van der Waals surface area contributed by atoms with Gasteiger partial charge in [-0.25, -0.2) is 14.4 Å². The maximum Gasteiger partial charge on any atom is 0.331 e. The summed E-state index contributed by atoms with van der Waals surface area (Å²) >= 11 is 0. The first-order valence-corrected chi connectivity index (χ1v) is 6.84. The van der Waals surface area contributed by atoms with Crippen molar-refractivity contribution in [2.75, 3.05) is 20.2 Å². The van der Waals surface area contributed by atoms with E-state index in [4.69, 9.17) is 9.47 Å². The van der Waals surface area contributed by atoms with Crippen LogP contribution in [0.25, 0.3) is 0 Å². The van der Waals surface area contributed by atoms with Gasteiger partial charge in [-0.05, 0) is 27.7 Å². The molecule has 1 N–H and O–H groups in total. The molecule has 0 aliphatic heterocycles. The molecule has 0 heterocycles. The lowest BCUT2D eigenvalue weighted by molar-refractivity contribution is -0.143. The Balaban J connectivity index is 4.15. The summed E-state index contributed by atoms with van der Waals surface area (Å²) in [5, 5.41) is 2.64. The molecule has 0 rings (SSSR count). The molecule has 0 saturated heterocycles. The second kappa shape index (κ2) is 9.79. The van der Waals surface area contributed by atoms with Crippen molar-refractivity contribution in [3.8, 4) is 0 Å². The summed E-state index contributed by atoms with van der Waals surface area (Å²) in [6.07, 6.45) is 1.77. The van der Waals surface area contributed by atoms with E-state index >= 15 is 0 Å². The zero-order valence-corrected chi connectivity index (χ0v) is 13.2. The number of nitrogens with one attached hydrogen (secondary N) is 1. The van der Waals surface area contributed by atoms with E-state index in [1.165, 1.54) is 4.90 Å². The largest absolute Gasteiger partial charge is 0.460 e. The molecule has 0 saturated carbocycles. The molecule has 21 heavy (non-hydrogen) atoms. The molecule has 0 spiro atoms. The molecule has 0 aromatic rings. The Morgan fingerprint density at radius 2 is 1.71 bits per heavy atom. The van der Waals surface area contributed by atoms with Gasteiger partial charge < -0.3 is 19.7 Å². The minimum Gasteiger partial charge on any atom is -0.460 e. The summed E-state index contributed by atoms with van der Waals surface area (Å²) in [5.41, 5.74) is 0. The smallest absolute Gasteiger partial charge is 0.331 e. The second-order valence-corrected chi connectivity index (χ2v) is 4.74. The summed E-state index contributed by atoms with van der Waals surface area (Å²) in [6.45, 7) is 7.55. The minimum absolute atomic E-state index is 0.0377. The number of amides is 2. The van der Waals surface area contributed by atoms with Gasteiger partial charge in [-0.3, -0.25) is 0 Å². The Labute approximate surface area is 125 Å². The van der Waals surface area contributed by atoms with Crippen LogP contribution in [0.15, 0.2) is 12.2 Å². The highest BCUT2D eigenvalue weighted by Crippen LogP contribution is 1.98. The number of hydrogen-bond donors (Lipinski definition) is 1. The van der Waals surface area contributed by atoms with Crippen LogP contribution in [0.2, 0.25) is 0 Å². The van der Waals surface area contributed by atoms with Gasteiger partial charge >= 0.3 is 18.0 Å². The molecule has 120 valence electrons. The van der Waals surface area contributed by atoms with Gasteiger partial charge in [0.1, 0.15) is 6.61 Å². The van der Waals surface area contributed by atoms with Gasteiger partial charge in [0, 0.05) is 25.7 Å². The predicted molar refractivity (Wildman–Crippen MR) is 77.6 cm³/mol. The highest BCUT2D eigenvalue weighted by molar-refractivity contribution is 5.91. The molecule has 0 bridgehead atoms. The van der Waals surface area contributed by atoms with Crippen LogP contribution in [0.4, 0.5) is 4.79 Å². The quantitative estimate of drug-likeness (QED) is 0.562. The van der Waals surface area contributed by atoms with Crippen molar-refractivity contribution in [3.05, 3.63) is 12.2 Å². The topological polar surface area (TPSA) is 84.9 Å². The van der Waals surface area contributed by atoms with Gasteiger partial charge in [0.25, 0.3) is 0 Å². The normalized spacial score (nSPS) is 12.1. The molecular weight excluding hydrogens is 276 g/mol. The first-order chi connectivity index (χ1) is 9.77. The van der Waals surface area contributed by atoms with E-state index in [0.717, 1.165) is 12.2 Å². The maximum atomic E-state index is 11.5. The standard InChI is InChI=1S/C14H24N2O5/c1-6-15-14(19)16(5)11(4)9-20-12(17)7-8-13(18)21-10(2)3/h7-8,10-11H,6,9H2,1-5H3,(H,15,19)/b8-7+. The molecule has 0 aliphatic carbocycles. The molecule has 1 unspecified atom stereocenters.